The average molecular weight is 229 g/mol. The predicted molar refractivity (Wildman–Crippen MR) is 65.7 cm³/mol. The molecule has 1 heterocycles. The lowest BCUT2D eigenvalue weighted by atomic mass is 10.2. The lowest BCUT2D eigenvalue weighted by molar-refractivity contribution is -0.490. The third kappa shape index (κ3) is 2.23. The highest BCUT2D eigenvalue weighted by Crippen LogP contribution is 2.18. The first-order chi connectivity index (χ1) is 8.20. The Morgan fingerprint density at radius 3 is 2.59 bits per heavy atom. The van der Waals surface area contributed by atoms with Gasteiger partial charge in [-0.2, -0.15) is 0 Å². The fourth-order valence-corrected chi connectivity index (χ4v) is 1.60. The summed E-state index contributed by atoms with van der Waals surface area (Å²) < 4.78 is 0. The van der Waals surface area contributed by atoms with Crippen LogP contribution in [0.4, 0.5) is 5.69 Å². The third-order valence-electron chi connectivity index (χ3n) is 2.44. The standard InChI is InChI=1S/C12H11N3O2/c13-12-11(15(16)17)8-4-5-9-14(12)10-6-2-1-3-7-10/h1-9,11,13H. The number of amidine groups is 1. The minimum atomic E-state index is -1.11. The summed E-state index contributed by atoms with van der Waals surface area (Å²) in [7, 11) is 0. The van der Waals surface area contributed by atoms with Gasteiger partial charge in [-0.1, -0.05) is 24.3 Å². The maximum Gasteiger partial charge on any atom is 0.288 e. The Morgan fingerprint density at radius 2 is 1.94 bits per heavy atom. The van der Waals surface area contributed by atoms with Crippen molar-refractivity contribution in [3.8, 4) is 0 Å². The van der Waals surface area contributed by atoms with Gasteiger partial charge in [0.2, 0.25) is 0 Å². The Bertz CT molecular complexity index is 494. The zero-order chi connectivity index (χ0) is 12.3. The van der Waals surface area contributed by atoms with Crippen molar-refractivity contribution in [3.63, 3.8) is 0 Å². The van der Waals surface area contributed by atoms with Crippen molar-refractivity contribution in [1.82, 2.24) is 0 Å². The monoisotopic (exact) mass is 229 g/mol. The molecule has 0 fully saturated rings. The highest BCUT2D eigenvalue weighted by Gasteiger charge is 2.28. The van der Waals surface area contributed by atoms with E-state index < -0.39 is 11.0 Å². The molecule has 0 spiro atoms. The van der Waals surface area contributed by atoms with Crippen molar-refractivity contribution in [2.45, 2.75) is 6.04 Å². The Labute approximate surface area is 98.3 Å². The van der Waals surface area contributed by atoms with Crippen LogP contribution in [0.1, 0.15) is 0 Å². The molecule has 0 amide bonds. The lowest BCUT2D eigenvalue weighted by Crippen LogP contribution is -2.38. The van der Waals surface area contributed by atoms with Crippen molar-refractivity contribution in [2.24, 2.45) is 0 Å². The number of nitrogens with one attached hydrogen (secondary N) is 1. The van der Waals surface area contributed by atoms with Gasteiger partial charge in [-0.05, 0) is 24.3 Å². The number of hydrogen-bond acceptors (Lipinski definition) is 3. The zero-order valence-electron chi connectivity index (χ0n) is 8.98. The summed E-state index contributed by atoms with van der Waals surface area (Å²) in [6.45, 7) is 0. The minimum Gasteiger partial charge on any atom is -0.300 e. The summed E-state index contributed by atoms with van der Waals surface area (Å²) in [6.07, 6.45) is 6.33. The first-order valence-electron chi connectivity index (χ1n) is 5.11. The first kappa shape index (κ1) is 11.1. The molecule has 1 atom stereocenters. The first-order valence-corrected chi connectivity index (χ1v) is 5.11. The lowest BCUT2D eigenvalue weighted by Gasteiger charge is -2.20. The maximum atomic E-state index is 10.9. The Kier molecular flexibility index (Phi) is 3.00. The highest BCUT2D eigenvalue weighted by molar-refractivity contribution is 6.01. The van der Waals surface area contributed by atoms with Gasteiger partial charge in [-0.15, -0.1) is 0 Å². The number of nitrogens with zero attached hydrogens (tertiary/aromatic N) is 2. The number of nitro groups is 1. The molecule has 0 saturated carbocycles. The average Bonchev–Trinajstić information content (AvgIpc) is 2.52. The van der Waals surface area contributed by atoms with Crippen LogP contribution in [-0.2, 0) is 0 Å². The number of anilines is 1. The number of hydrogen-bond donors (Lipinski definition) is 1. The van der Waals surface area contributed by atoms with Crippen molar-refractivity contribution >= 4 is 11.5 Å². The fourth-order valence-electron chi connectivity index (χ4n) is 1.60. The summed E-state index contributed by atoms with van der Waals surface area (Å²) >= 11 is 0. The molecule has 1 aliphatic heterocycles. The summed E-state index contributed by atoms with van der Waals surface area (Å²) in [5, 5.41) is 18.7. The van der Waals surface area contributed by atoms with E-state index in [1.807, 2.05) is 18.2 Å². The van der Waals surface area contributed by atoms with E-state index in [0.717, 1.165) is 5.69 Å². The van der Waals surface area contributed by atoms with Gasteiger partial charge in [0.1, 0.15) is 0 Å². The molecular weight excluding hydrogens is 218 g/mol. The molecule has 86 valence electrons. The van der Waals surface area contributed by atoms with Gasteiger partial charge < -0.3 is 0 Å². The van der Waals surface area contributed by atoms with E-state index in [1.54, 1.807) is 30.5 Å². The number of allylic oxidation sites excluding steroid dienone is 2. The van der Waals surface area contributed by atoms with Gasteiger partial charge in [0.25, 0.3) is 6.04 Å². The Hall–Kier alpha value is -2.43. The van der Waals surface area contributed by atoms with Crippen LogP contribution >= 0.6 is 0 Å². The zero-order valence-corrected chi connectivity index (χ0v) is 8.98. The molecule has 1 aliphatic rings. The Morgan fingerprint density at radius 1 is 1.24 bits per heavy atom. The summed E-state index contributed by atoms with van der Waals surface area (Å²) in [4.78, 5) is 11.9. The molecule has 0 saturated heterocycles. The molecule has 5 heteroatoms. The van der Waals surface area contributed by atoms with Gasteiger partial charge >= 0.3 is 0 Å². The number of para-hydroxylation sites is 1. The van der Waals surface area contributed by atoms with Crippen LogP contribution in [0.5, 0.6) is 0 Å². The molecule has 0 bridgehead atoms. The quantitative estimate of drug-likeness (QED) is 0.624. The van der Waals surface area contributed by atoms with Crippen molar-refractivity contribution in [1.29, 1.82) is 5.41 Å². The van der Waals surface area contributed by atoms with Crippen molar-refractivity contribution in [2.75, 3.05) is 4.90 Å². The van der Waals surface area contributed by atoms with E-state index in [9.17, 15) is 10.1 Å². The van der Waals surface area contributed by atoms with Crippen LogP contribution < -0.4 is 4.90 Å². The molecule has 1 aromatic rings. The Balaban J connectivity index is 2.36. The second-order valence-electron chi connectivity index (χ2n) is 3.55. The smallest absolute Gasteiger partial charge is 0.288 e. The summed E-state index contributed by atoms with van der Waals surface area (Å²) in [6, 6.07) is 8.02. The summed E-state index contributed by atoms with van der Waals surface area (Å²) in [5.74, 6) is -0.0637. The molecule has 0 aromatic heterocycles. The normalized spacial score (nSPS) is 19.2. The summed E-state index contributed by atoms with van der Waals surface area (Å²) in [5.41, 5.74) is 0.740. The molecule has 2 rings (SSSR count). The van der Waals surface area contributed by atoms with Gasteiger partial charge in [-0.3, -0.25) is 20.4 Å². The van der Waals surface area contributed by atoms with Gasteiger partial charge in [0.05, 0.1) is 0 Å². The largest absolute Gasteiger partial charge is 0.300 e. The topological polar surface area (TPSA) is 70.2 Å². The van der Waals surface area contributed by atoms with E-state index >= 15 is 0 Å². The molecular formula is C12H11N3O2. The highest BCUT2D eigenvalue weighted by atomic mass is 16.6. The predicted octanol–water partition coefficient (Wildman–Crippen LogP) is 2.20. The van der Waals surface area contributed by atoms with E-state index in [2.05, 4.69) is 0 Å². The SMILES string of the molecule is N=C1C([N+](=O)[O-])C=CC=CN1c1ccccc1. The molecule has 5 nitrogen and oxygen atoms in total. The molecule has 0 radical (unpaired) electrons. The molecule has 1 N–H and O–H groups in total. The van der Waals surface area contributed by atoms with Crippen molar-refractivity contribution in [3.05, 3.63) is 64.9 Å². The second kappa shape index (κ2) is 4.61. The van der Waals surface area contributed by atoms with Crippen molar-refractivity contribution < 1.29 is 4.92 Å². The third-order valence-corrected chi connectivity index (χ3v) is 2.44. The van der Waals surface area contributed by atoms with Crippen LogP contribution in [0.2, 0.25) is 0 Å². The van der Waals surface area contributed by atoms with Crippen LogP contribution in [0.3, 0.4) is 0 Å². The second-order valence-corrected chi connectivity index (χ2v) is 3.55. The molecule has 1 aromatic carbocycles. The molecule has 0 aliphatic carbocycles. The molecule has 17 heavy (non-hydrogen) atoms. The minimum absolute atomic E-state index is 0.0637. The van der Waals surface area contributed by atoms with E-state index in [4.69, 9.17) is 5.41 Å². The number of benzene rings is 1. The molecule has 1 unspecified atom stereocenters. The van der Waals surface area contributed by atoms with Crippen LogP contribution in [0.15, 0.2) is 54.8 Å². The van der Waals surface area contributed by atoms with E-state index in [-0.39, 0.29) is 5.84 Å². The van der Waals surface area contributed by atoms with E-state index in [1.165, 1.54) is 11.0 Å². The van der Waals surface area contributed by atoms with Gasteiger partial charge in [-0.25, -0.2) is 0 Å². The van der Waals surface area contributed by atoms with Gasteiger partial charge in [0.15, 0.2) is 5.84 Å². The maximum absolute atomic E-state index is 10.9. The fraction of sp³-hybridized carbons (Fsp3) is 0.0833. The van der Waals surface area contributed by atoms with E-state index in [0.29, 0.717) is 0 Å². The van der Waals surface area contributed by atoms with Crippen LogP contribution in [0, 0.1) is 15.5 Å². The van der Waals surface area contributed by atoms with Crippen LogP contribution in [-0.4, -0.2) is 16.8 Å². The van der Waals surface area contributed by atoms with Crippen LogP contribution in [0.25, 0.3) is 0 Å². The van der Waals surface area contributed by atoms with Gasteiger partial charge in [0, 0.05) is 16.8 Å². The number of rotatable bonds is 2.